The number of hydrogen-bond donors (Lipinski definition) is 1. The van der Waals surface area contributed by atoms with Crippen molar-refractivity contribution in [3.63, 3.8) is 0 Å². The lowest BCUT2D eigenvalue weighted by Crippen LogP contribution is -2.54. The highest BCUT2D eigenvalue weighted by Gasteiger charge is 2.62. The highest BCUT2D eigenvalue weighted by molar-refractivity contribution is 7.90. The molecule has 1 aliphatic carbocycles. The van der Waals surface area contributed by atoms with Crippen LogP contribution in [0, 0.1) is 11.3 Å². The van der Waals surface area contributed by atoms with Gasteiger partial charge in [0.2, 0.25) is 5.88 Å². The van der Waals surface area contributed by atoms with Gasteiger partial charge in [-0.1, -0.05) is 17.7 Å². The Bertz CT molecular complexity index is 1930. The maximum atomic E-state index is 13.2. The molecule has 2 amide bonds. The van der Waals surface area contributed by atoms with E-state index in [1.54, 1.807) is 18.0 Å². The van der Waals surface area contributed by atoms with Gasteiger partial charge < -0.3 is 19.3 Å². The Hall–Kier alpha value is -4.12. The predicted octanol–water partition coefficient (Wildman–Crippen LogP) is 6.80. The Kier molecular flexibility index (Phi) is 11.3. The summed E-state index contributed by atoms with van der Waals surface area (Å²) in [4.78, 5) is 38.1. The number of carbonyl (C=O) groups is 2. The maximum Gasteiger partial charge on any atom is 0.410 e. The number of piperidine rings is 1. The molecule has 5 rings (SSSR count). The zero-order chi connectivity index (χ0) is 39.0. The molecule has 1 saturated carbocycles. The normalized spacial score (nSPS) is 18.3. The first-order chi connectivity index (χ1) is 24.6. The molecule has 18 heteroatoms. The van der Waals surface area contributed by atoms with Crippen LogP contribution in [-0.2, 0) is 14.8 Å². The van der Waals surface area contributed by atoms with Crippen LogP contribution in [0.2, 0.25) is 5.15 Å². The van der Waals surface area contributed by atoms with E-state index in [1.807, 2.05) is 44.2 Å². The largest absolute Gasteiger partial charge is 0.477 e. The summed E-state index contributed by atoms with van der Waals surface area (Å²) in [5.74, 6) is -0.224. The SMILES string of the molecule is CN(CCC1CCC(C)(C)N(C(=O)OC(C)(C)C)C1)c1cccc(S(=O)(=O)NC(=O)c2ccc(-n3ccc(OCCC4(C(F)(F)F)CC4)n3)nc2Cl)n1. The number of nitrogens with zero attached hydrogens (tertiary/aromatic N) is 6. The Morgan fingerprint density at radius 1 is 1.08 bits per heavy atom. The molecule has 1 atom stereocenters. The second-order valence-electron chi connectivity index (χ2n) is 15.3. The van der Waals surface area contributed by atoms with E-state index in [0.717, 1.165) is 19.3 Å². The molecule has 0 bridgehead atoms. The first kappa shape index (κ1) is 40.1. The summed E-state index contributed by atoms with van der Waals surface area (Å²) in [6, 6.07) is 8.55. The van der Waals surface area contributed by atoms with Crippen LogP contribution in [0.3, 0.4) is 0 Å². The van der Waals surface area contributed by atoms with Crippen molar-refractivity contribution in [2.24, 2.45) is 11.3 Å². The number of aromatic nitrogens is 4. The molecular formula is C35H45ClF3N7O6S. The summed E-state index contributed by atoms with van der Waals surface area (Å²) < 4.78 is 80.3. The molecule has 1 N–H and O–H groups in total. The summed E-state index contributed by atoms with van der Waals surface area (Å²) in [6.45, 7) is 10.5. The van der Waals surface area contributed by atoms with Crippen molar-refractivity contribution < 1.29 is 40.7 Å². The van der Waals surface area contributed by atoms with Crippen molar-refractivity contribution in [1.29, 1.82) is 0 Å². The van der Waals surface area contributed by atoms with Crippen molar-refractivity contribution in [2.45, 2.75) is 95.5 Å². The number of pyridine rings is 2. The Balaban J connectivity index is 1.17. The van der Waals surface area contributed by atoms with E-state index >= 15 is 0 Å². The molecule has 2 fully saturated rings. The van der Waals surface area contributed by atoms with Gasteiger partial charge in [0, 0.05) is 37.9 Å². The number of anilines is 1. The van der Waals surface area contributed by atoms with Crippen LogP contribution < -0.4 is 14.4 Å². The summed E-state index contributed by atoms with van der Waals surface area (Å²) in [5.41, 5.74) is -2.87. The lowest BCUT2D eigenvalue weighted by Gasteiger charge is -2.45. The summed E-state index contributed by atoms with van der Waals surface area (Å²) in [5, 5.41) is 3.46. The molecule has 53 heavy (non-hydrogen) atoms. The zero-order valence-electron chi connectivity index (χ0n) is 30.5. The van der Waals surface area contributed by atoms with Crippen LogP contribution in [0.5, 0.6) is 5.88 Å². The number of amides is 2. The number of likely N-dealkylation sites (tertiary alicyclic amines) is 1. The lowest BCUT2D eigenvalue weighted by molar-refractivity contribution is -0.190. The second kappa shape index (κ2) is 15.0. The van der Waals surface area contributed by atoms with Crippen molar-refractivity contribution >= 4 is 39.4 Å². The average Bonchev–Trinajstić information content (AvgIpc) is 3.72. The van der Waals surface area contributed by atoms with E-state index in [0.29, 0.717) is 18.9 Å². The monoisotopic (exact) mass is 783 g/mol. The van der Waals surface area contributed by atoms with Crippen LogP contribution in [0.1, 0.15) is 83.5 Å². The molecule has 3 aromatic rings. The van der Waals surface area contributed by atoms with Gasteiger partial charge in [0.25, 0.3) is 15.9 Å². The van der Waals surface area contributed by atoms with Gasteiger partial charge in [-0.25, -0.2) is 24.2 Å². The number of halogens is 4. The van der Waals surface area contributed by atoms with E-state index in [2.05, 4.69) is 15.1 Å². The number of alkyl halides is 3. The Labute approximate surface area is 312 Å². The standard InChI is InChI=1S/C35H45ClF3N7O6S/c1-32(2,3)52-31(48)45-22-23(12-15-33(45,4)5)13-19-44(6)25-8-7-9-28(40-25)53(49,50)43-30(47)24-10-11-26(41-29(24)36)46-20-14-27(42-46)51-21-18-34(16-17-34)35(37,38)39/h7-11,14,20,23H,12-13,15-19,21-22H2,1-6H3,(H,43,47). The number of ether oxygens (including phenoxy) is 2. The molecule has 4 heterocycles. The minimum Gasteiger partial charge on any atom is -0.477 e. The van der Waals surface area contributed by atoms with Crippen molar-refractivity contribution in [1.82, 2.24) is 29.4 Å². The first-order valence-electron chi connectivity index (χ1n) is 17.3. The third-order valence-corrected chi connectivity index (χ3v) is 11.1. The average molecular weight is 784 g/mol. The summed E-state index contributed by atoms with van der Waals surface area (Å²) in [7, 11) is -2.64. The van der Waals surface area contributed by atoms with Gasteiger partial charge in [-0.05, 0) is 103 Å². The molecule has 2 aliphatic rings. The Morgan fingerprint density at radius 2 is 1.79 bits per heavy atom. The molecule has 1 unspecified atom stereocenters. The van der Waals surface area contributed by atoms with Crippen molar-refractivity contribution in [3.05, 3.63) is 53.3 Å². The molecule has 1 saturated heterocycles. The van der Waals surface area contributed by atoms with Crippen molar-refractivity contribution in [2.75, 3.05) is 31.6 Å². The minimum atomic E-state index is -4.43. The number of sulfonamides is 1. The van der Waals surface area contributed by atoms with E-state index in [1.165, 1.54) is 41.2 Å². The smallest absolute Gasteiger partial charge is 0.410 e. The molecule has 13 nitrogen and oxygen atoms in total. The van der Waals surface area contributed by atoms with Gasteiger partial charge in [0.05, 0.1) is 17.6 Å². The molecule has 1 aliphatic heterocycles. The number of nitrogens with one attached hydrogen (secondary N) is 1. The van der Waals surface area contributed by atoms with Crippen molar-refractivity contribution in [3.8, 4) is 11.7 Å². The van der Waals surface area contributed by atoms with Gasteiger partial charge in [-0.15, -0.1) is 5.10 Å². The highest BCUT2D eigenvalue weighted by atomic mass is 35.5. The van der Waals surface area contributed by atoms with E-state index in [4.69, 9.17) is 21.1 Å². The van der Waals surface area contributed by atoms with E-state index < -0.39 is 33.1 Å². The summed E-state index contributed by atoms with van der Waals surface area (Å²) in [6.07, 6.45) is -0.726. The molecule has 290 valence electrons. The quantitative estimate of drug-likeness (QED) is 0.195. The maximum absolute atomic E-state index is 13.2. The molecule has 3 aromatic heterocycles. The lowest BCUT2D eigenvalue weighted by atomic mass is 9.83. The summed E-state index contributed by atoms with van der Waals surface area (Å²) >= 11 is 6.28. The fourth-order valence-electron chi connectivity index (χ4n) is 6.06. The predicted molar refractivity (Wildman–Crippen MR) is 191 cm³/mol. The van der Waals surface area contributed by atoms with E-state index in [-0.39, 0.29) is 70.9 Å². The first-order valence-corrected chi connectivity index (χ1v) is 19.1. The number of rotatable bonds is 12. The number of hydrogen-bond acceptors (Lipinski definition) is 10. The van der Waals surface area contributed by atoms with Gasteiger partial charge >= 0.3 is 12.3 Å². The second-order valence-corrected chi connectivity index (χ2v) is 17.3. The molecule has 0 radical (unpaired) electrons. The molecule has 0 aromatic carbocycles. The molecular weight excluding hydrogens is 739 g/mol. The van der Waals surface area contributed by atoms with Gasteiger partial charge in [-0.2, -0.15) is 21.6 Å². The van der Waals surface area contributed by atoms with Crippen LogP contribution in [-0.4, -0.2) is 89.1 Å². The van der Waals surface area contributed by atoms with Crippen LogP contribution in [0.4, 0.5) is 23.8 Å². The minimum absolute atomic E-state index is 0.0806. The number of carbonyl (C=O) groups excluding carboxylic acids is 2. The molecule has 0 spiro atoms. The third-order valence-electron chi connectivity index (χ3n) is 9.59. The van der Waals surface area contributed by atoms with Gasteiger partial charge in [0.1, 0.15) is 16.6 Å². The van der Waals surface area contributed by atoms with Gasteiger partial charge in [-0.3, -0.25) is 4.79 Å². The topological polar surface area (TPSA) is 149 Å². The van der Waals surface area contributed by atoms with Crippen LogP contribution in [0.25, 0.3) is 5.82 Å². The van der Waals surface area contributed by atoms with Gasteiger partial charge in [0.15, 0.2) is 10.8 Å². The Morgan fingerprint density at radius 3 is 2.43 bits per heavy atom. The zero-order valence-corrected chi connectivity index (χ0v) is 32.1. The fourth-order valence-corrected chi connectivity index (χ4v) is 7.23. The van der Waals surface area contributed by atoms with E-state index in [9.17, 15) is 31.2 Å². The van der Waals surface area contributed by atoms with Crippen LogP contribution >= 0.6 is 11.6 Å². The third kappa shape index (κ3) is 9.71. The van der Waals surface area contributed by atoms with Crippen LogP contribution in [0.15, 0.2) is 47.6 Å². The highest BCUT2D eigenvalue weighted by Crippen LogP contribution is 2.59. The fraction of sp³-hybridized carbons (Fsp3) is 0.571.